The summed E-state index contributed by atoms with van der Waals surface area (Å²) >= 11 is 0. The van der Waals surface area contributed by atoms with Gasteiger partial charge in [-0.3, -0.25) is 4.79 Å². The third-order valence-electron chi connectivity index (χ3n) is 3.52. The predicted molar refractivity (Wildman–Crippen MR) is 86.6 cm³/mol. The highest BCUT2D eigenvalue weighted by molar-refractivity contribution is 5.72. The van der Waals surface area contributed by atoms with E-state index in [-0.39, 0.29) is 31.4 Å². The lowest BCUT2D eigenvalue weighted by Gasteiger charge is -2.13. The van der Waals surface area contributed by atoms with Crippen LogP contribution < -0.4 is 4.74 Å². The molecule has 0 N–H and O–H groups in total. The molecule has 0 fully saturated rings. The first-order valence-electron chi connectivity index (χ1n) is 7.82. The second kappa shape index (κ2) is 8.43. The van der Waals surface area contributed by atoms with Crippen LogP contribution in [0.25, 0.3) is 0 Å². The minimum absolute atomic E-state index is 0.133. The third kappa shape index (κ3) is 4.78. The fourth-order valence-corrected chi connectivity index (χ4v) is 2.30. The summed E-state index contributed by atoms with van der Waals surface area (Å²) in [5, 5.41) is 0. The molecule has 2 aromatic carbocycles. The molecule has 0 radical (unpaired) electrons. The van der Waals surface area contributed by atoms with E-state index < -0.39 is 17.6 Å². The van der Waals surface area contributed by atoms with Crippen LogP contribution in [0.3, 0.4) is 0 Å². The van der Waals surface area contributed by atoms with Crippen molar-refractivity contribution in [2.24, 2.45) is 5.92 Å². The summed E-state index contributed by atoms with van der Waals surface area (Å²) < 4.78 is 38.0. The van der Waals surface area contributed by atoms with Gasteiger partial charge >= 0.3 is 5.97 Å². The van der Waals surface area contributed by atoms with Crippen LogP contribution in [0.1, 0.15) is 25.0 Å². The van der Waals surface area contributed by atoms with Gasteiger partial charge in [0.15, 0.2) is 11.6 Å². The van der Waals surface area contributed by atoms with E-state index in [0.717, 1.165) is 11.6 Å². The van der Waals surface area contributed by atoms with Crippen LogP contribution in [0.5, 0.6) is 5.75 Å². The first-order valence-corrected chi connectivity index (χ1v) is 7.82. The van der Waals surface area contributed by atoms with Gasteiger partial charge in [-0.1, -0.05) is 37.3 Å². The van der Waals surface area contributed by atoms with Crippen molar-refractivity contribution in [1.29, 1.82) is 0 Å². The molecule has 0 aliphatic carbocycles. The standard InChI is InChI=1S/C19H20F2O3/c1-3-23-19(22)13(2)9-15-10-16(20)18(21)17(11-15)24-12-14-7-5-4-6-8-14/h4-8,10-11,13H,3,9,12H2,1-2H3. The van der Waals surface area contributed by atoms with Crippen LogP contribution in [0.15, 0.2) is 42.5 Å². The molecule has 0 saturated carbocycles. The first-order chi connectivity index (χ1) is 11.5. The minimum atomic E-state index is -1.03. The smallest absolute Gasteiger partial charge is 0.308 e. The molecule has 2 rings (SSSR count). The Balaban J connectivity index is 2.11. The molecule has 0 heterocycles. The molecule has 1 atom stereocenters. The Bertz CT molecular complexity index is 687. The number of hydrogen-bond acceptors (Lipinski definition) is 3. The Morgan fingerprint density at radius 1 is 1.12 bits per heavy atom. The Morgan fingerprint density at radius 2 is 1.83 bits per heavy atom. The molecular weight excluding hydrogens is 314 g/mol. The molecule has 0 aromatic heterocycles. The van der Waals surface area contributed by atoms with Gasteiger partial charge in [0.2, 0.25) is 5.82 Å². The van der Waals surface area contributed by atoms with Gasteiger partial charge in [-0.25, -0.2) is 4.39 Å². The lowest BCUT2D eigenvalue weighted by molar-refractivity contribution is -0.147. The molecule has 0 spiro atoms. The van der Waals surface area contributed by atoms with Gasteiger partial charge in [0, 0.05) is 0 Å². The predicted octanol–water partition coefficient (Wildman–Crippen LogP) is 4.29. The van der Waals surface area contributed by atoms with Crippen molar-refractivity contribution in [2.75, 3.05) is 6.61 Å². The van der Waals surface area contributed by atoms with Crippen molar-refractivity contribution in [3.8, 4) is 5.75 Å². The van der Waals surface area contributed by atoms with E-state index in [4.69, 9.17) is 9.47 Å². The van der Waals surface area contributed by atoms with E-state index in [0.29, 0.717) is 5.56 Å². The normalized spacial score (nSPS) is 11.8. The maximum Gasteiger partial charge on any atom is 0.308 e. The molecule has 1 unspecified atom stereocenters. The van der Waals surface area contributed by atoms with Crippen molar-refractivity contribution in [3.63, 3.8) is 0 Å². The van der Waals surface area contributed by atoms with Crippen LogP contribution >= 0.6 is 0 Å². The Morgan fingerprint density at radius 3 is 2.50 bits per heavy atom. The zero-order valence-corrected chi connectivity index (χ0v) is 13.7. The molecular formula is C19H20F2O3. The summed E-state index contributed by atoms with van der Waals surface area (Å²) in [6.45, 7) is 3.82. The molecule has 0 amide bonds. The van der Waals surface area contributed by atoms with Gasteiger partial charge in [-0.2, -0.15) is 4.39 Å². The maximum atomic E-state index is 13.9. The van der Waals surface area contributed by atoms with E-state index in [2.05, 4.69) is 0 Å². The SMILES string of the molecule is CCOC(=O)C(C)Cc1cc(F)c(F)c(OCc2ccccc2)c1. The fourth-order valence-electron chi connectivity index (χ4n) is 2.30. The van der Waals surface area contributed by atoms with Crippen LogP contribution in [0, 0.1) is 17.6 Å². The van der Waals surface area contributed by atoms with Crippen molar-refractivity contribution < 1.29 is 23.0 Å². The van der Waals surface area contributed by atoms with Gasteiger partial charge < -0.3 is 9.47 Å². The van der Waals surface area contributed by atoms with Crippen molar-refractivity contribution >= 4 is 5.97 Å². The number of halogens is 2. The van der Waals surface area contributed by atoms with Gasteiger partial charge in [-0.05, 0) is 36.6 Å². The number of carbonyl (C=O) groups is 1. The molecule has 3 nitrogen and oxygen atoms in total. The summed E-state index contributed by atoms with van der Waals surface area (Å²) in [5.74, 6) is -3.00. The van der Waals surface area contributed by atoms with Crippen molar-refractivity contribution in [1.82, 2.24) is 0 Å². The number of carbonyl (C=O) groups excluding carboxylic acids is 1. The first kappa shape index (κ1) is 17.9. The molecule has 0 saturated heterocycles. The summed E-state index contributed by atoms with van der Waals surface area (Å²) in [6, 6.07) is 11.7. The second-order valence-corrected chi connectivity index (χ2v) is 5.52. The number of esters is 1. The summed E-state index contributed by atoms with van der Waals surface area (Å²) in [4.78, 5) is 11.7. The number of ether oxygens (including phenoxy) is 2. The summed E-state index contributed by atoms with van der Waals surface area (Å²) in [6.07, 6.45) is 0.248. The lowest BCUT2D eigenvalue weighted by Crippen LogP contribution is -2.17. The molecule has 24 heavy (non-hydrogen) atoms. The maximum absolute atomic E-state index is 13.9. The summed E-state index contributed by atoms with van der Waals surface area (Å²) in [7, 11) is 0. The van der Waals surface area contributed by atoms with E-state index in [1.54, 1.807) is 13.8 Å². The van der Waals surface area contributed by atoms with E-state index in [1.165, 1.54) is 6.07 Å². The van der Waals surface area contributed by atoms with Gasteiger partial charge in [0.05, 0.1) is 12.5 Å². The van der Waals surface area contributed by atoms with Crippen LogP contribution in [-0.2, 0) is 22.6 Å². The van der Waals surface area contributed by atoms with E-state index in [1.807, 2.05) is 30.3 Å². The van der Waals surface area contributed by atoms with Crippen molar-refractivity contribution in [3.05, 3.63) is 65.2 Å². The monoisotopic (exact) mass is 334 g/mol. The van der Waals surface area contributed by atoms with E-state index in [9.17, 15) is 13.6 Å². The van der Waals surface area contributed by atoms with Crippen LogP contribution in [-0.4, -0.2) is 12.6 Å². The third-order valence-corrected chi connectivity index (χ3v) is 3.52. The quantitative estimate of drug-likeness (QED) is 0.709. The summed E-state index contributed by atoms with van der Waals surface area (Å²) in [5.41, 5.74) is 1.33. The average molecular weight is 334 g/mol. The molecule has 2 aromatic rings. The average Bonchev–Trinajstić information content (AvgIpc) is 2.57. The Labute approximate surface area is 140 Å². The molecule has 5 heteroatoms. The topological polar surface area (TPSA) is 35.5 Å². The Hall–Kier alpha value is -2.43. The molecule has 0 aliphatic heterocycles. The Kier molecular flexibility index (Phi) is 6.29. The fraction of sp³-hybridized carbons (Fsp3) is 0.316. The number of benzene rings is 2. The van der Waals surface area contributed by atoms with Crippen LogP contribution in [0.2, 0.25) is 0 Å². The van der Waals surface area contributed by atoms with Gasteiger partial charge in [0.1, 0.15) is 6.61 Å². The zero-order valence-electron chi connectivity index (χ0n) is 13.7. The van der Waals surface area contributed by atoms with E-state index >= 15 is 0 Å². The van der Waals surface area contributed by atoms with Crippen LogP contribution in [0.4, 0.5) is 8.78 Å². The molecule has 0 bridgehead atoms. The zero-order chi connectivity index (χ0) is 17.5. The van der Waals surface area contributed by atoms with Crippen molar-refractivity contribution in [2.45, 2.75) is 26.9 Å². The lowest BCUT2D eigenvalue weighted by atomic mass is 10.0. The highest BCUT2D eigenvalue weighted by Crippen LogP contribution is 2.25. The van der Waals surface area contributed by atoms with Gasteiger partial charge in [-0.15, -0.1) is 0 Å². The number of hydrogen-bond donors (Lipinski definition) is 0. The highest BCUT2D eigenvalue weighted by Gasteiger charge is 2.18. The minimum Gasteiger partial charge on any atom is -0.486 e. The largest absolute Gasteiger partial charge is 0.486 e. The number of rotatable bonds is 7. The second-order valence-electron chi connectivity index (χ2n) is 5.52. The highest BCUT2D eigenvalue weighted by atomic mass is 19.2. The molecule has 128 valence electrons. The van der Waals surface area contributed by atoms with Gasteiger partial charge in [0.25, 0.3) is 0 Å². The molecule has 0 aliphatic rings.